The highest BCUT2D eigenvalue weighted by molar-refractivity contribution is 5.77. The molecule has 2 aliphatic carbocycles. The summed E-state index contributed by atoms with van der Waals surface area (Å²) >= 11 is 0. The molecule has 21 heavy (non-hydrogen) atoms. The predicted molar refractivity (Wildman–Crippen MR) is 78.4 cm³/mol. The molecule has 1 amide bonds. The van der Waals surface area contributed by atoms with Crippen LogP contribution in [0.3, 0.4) is 0 Å². The minimum absolute atomic E-state index is 0.218. The summed E-state index contributed by atoms with van der Waals surface area (Å²) in [5.74, 6) is 1.56. The lowest BCUT2D eigenvalue weighted by Gasteiger charge is -2.27. The van der Waals surface area contributed by atoms with E-state index in [1.807, 2.05) is 18.2 Å². The molecule has 0 spiro atoms. The third-order valence-electron chi connectivity index (χ3n) is 5.14. The monoisotopic (exact) mass is 286 g/mol. The first-order chi connectivity index (χ1) is 10.3. The maximum absolute atomic E-state index is 12.4. The van der Waals surface area contributed by atoms with Crippen molar-refractivity contribution in [1.29, 1.82) is 0 Å². The van der Waals surface area contributed by atoms with Crippen LogP contribution in [0.25, 0.3) is 0 Å². The first kappa shape index (κ1) is 13.3. The molecular formula is C17H22N2O2. The van der Waals surface area contributed by atoms with Gasteiger partial charge in [-0.3, -0.25) is 9.78 Å². The summed E-state index contributed by atoms with van der Waals surface area (Å²) in [6, 6.07) is 6.21. The van der Waals surface area contributed by atoms with E-state index in [4.69, 9.17) is 4.74 Å². The topological polar surface area (TPSA) is 42.4 Å². The van der Waals surface area contributed by atoms with Gasteiger partial charge in [-0.2, -0.15) is 0 Å². The quantitative estimate of drug-likeness (QED) is 0.834. The number of likely N-dealkylation sites (tertiary alicyclic amines) is 1. The lowest BCUT2D eigenvalue weighted by atomic mass is 10.1. The molecular weight excluding hydrogens is 264 g/mol. The van der Waals surface area contributed by atoms with E-state index in [0.717, 1.165) is 25.1 Å². The Balaban J connectivity index is 1.37. The summed E-state index contributed by atoms with van der Waals surface area (Å²) in [4.78, 5) is 18.8. The van der Waals surface area contributed by atoms with Crippen molar-refractivity contribution in [3.63, 3.8) is 0 Å². The fourth-order valence-electron chi connectivity index (χ4n) is 3.83. The van der Waals surface area contributed by atoms with Gasteiger partial charge in [0.05, 0.1) is 24.4 Å². The fraction of sp³-hybridized carbons (Fsp3) is 0.647. The maximum atomic E-state index is 12.4. The highest BCUT2D eigenvalue weighted by atomic mass is 16.5. The Kier molecular flexibility index (Phi) is 3.42. The molecule has 3 aliphatic rings. The van der Waals surface area contributed by atoms with Crippen molar-refractivity contribution in [2.45, 2.75) is 50.9 Å². The number of piperidine rings is 1. The van der Waals surface area contributed by atoms with Gasteiger partial charge in [-0.25, -0.2) is 0 Å². The van der Waals surface area contributed by atoms with E-state index in [-0.39, 0.29) is 6.10 Å². The van der Waals surface area contributed by atoms with E-state index in [0.29, 0.717) is 30.4 Å². The molecule has 2 heterocycles. The van der Waals surface area contributed by atoms with E-state index >= 15 is 0 Å². The molecule has 0 radical (unpaired) electrons. The van der Waals surface area contributed by atoms with E-state index in [2.05, 4.69) is 9.88 Å². The maximum Gasteiger partial charge on any atom is 0.223 e. The zero-order valence-electron chi connectivity index (χ0n) is 12.3. The second-order valence-corrected chi connectivity index (χ2v) is 6.70. The number of aromatic nitrogens is 1. The lowest BCUT2D eigenvalue weighted by Crippen LogP contribution is -2.40. The van der Waals surface area contributed by atoms with Crippen LogP contribution in [0.15, 0.2) is 24.4 Å². The summed E-state index contributed by atoms with van der Waals surface area (Å²) in [6.07, 6.45) is 7.57. The number of nitrogens with zero attached hydrogens (tertiary/aromatic N) is 2. The number of carbonyl (C=O) groups is 1. The molecule has 1 aromatic heterocycles. The minimum Gasteiger partial charge on any atom is -0.369 e. The first-order valence-corrected chi connectivity index (χ1v) is 8.12. The minimum atomic E-state index is 0.218. The number of ether oxygens (including phenoxy) is 1. The van der Waals surface area contributed by atoms with Crippen LogP contribution in [0.4, 0.5) is 0 Å². The van der Waals surface area contributed by atoms with Crippen LogP contribution in [0.5, 0.6) is 0 Å². The Labute approximate surface area is 125 Å². The smallest absolute Gasteiger partial charge is 0.223 e. The average Bonchev–Trinajstić information content (AvgIpc) is 3.16. The molecule has 3 unspecified atom stereocenters. The molecule has 1 aliphatic heterocycles. The van der Waals surface area contributed by atoms with Gasteiger partial charge in [0, 0.05) is 25.1 Å². The van der Waals surface area contributed by atoms with E-state index in [9.17, 15) is 4.79 Å². The molecule has 0 aromatic carbocycles. The van der Waals surface area contributed by atoms with Crippen LogP contribution in [0.1, 0.15) is 37.8 Å². The van der Waals surface area contributed by atoms with Crippen LogP contribution >= 0.6 is 0 Å². The largest absolute Gasteiger partial charge is 0.369 e. The number of pyridine rings is 1. The van der Waals surface area contributed by atoms with Crippen molar-refractivity contribution in [1.82, 2.24) is 9.88 Å². The molecule has 4 nitrogen and oxygen atoms in total. The number of rotatable bonds is 5. The van der Waals surface area contributed by atoms with Crippen LogP contribution in [0, 0.1) is 11.8 Å². The third kappa shape index (κ3) is 2.69. The standard InChI is InChI=1S/C17H22N2O2/c20-16(9-12-4-5-12)19-10-13-6-7-15(19)17(13)21-11-14-3-1-2-8-18-14/h1-3,8,12-13,15,17H,4-7,9-11H2. The van der Waals surface area contributed by atoms with Crippen LogP contribution < -0.4 is 0 Å². The van der Waals surface area contributed by atoms with Crippen LogP contribution in [0.2, 0.25) is 0 Å². The number of hydrogen-bond donors (Lipinski definition) is 0. The Morgan fingerprint density at radius 3 is 2.95 bits per heavy atom. The van der Waals surface area contributed by atoms with Gasteiger partial charge in [0.25, 0.3) is 0 Å². The summed E-state index contributed by atoms with van der Waals surface area (Å²) in [5.41, 5.74) is 0.972. The van der Waals surface area contributed by atoms with E-state index in [1.54, 1.807) is 6.20 Å². The Hall–Kier alpha value is -1.42. The molecule has 1 aromatic rings. The van der Waals surface area contributed by atoms with Gasteiger partial charge in [-0.15, -0.1) is 0 Å². The van der Waals surface area contributed by atoms with Gasteiger partial charge < -0.3 is 9.64 Å². The molecule has 0 N–H and O–H groups in total. The number of hydrogen-bond acceptors (Lipinski definition) is 3. The fourth-order valence-corrected chi connectivity index (χ4v) is 3.83. The van der Waals surface area contributed by atoms with Crippen LogP contribution in [-0.2, 0) is 16.1 Å². The Morgan fingerprint density at radius 2 is 2.19 bits per heavy atom. The summed E-state index contributed by atoms with van der Waals surface area (Å²) in [5, 5.41) is 0. The van der Waals surface area contributed by atoms with Crippen molar-refractivity contribution >= 4 is 5.91 Å². The molecule has 2 bridgehead atoms. The molecule has 3 fully saturated rings. The number of amides is 1. The molecule has 2 saturated carbocycles. The molecule has 4 rings (SSSR count). The third-order valence-corrected chi connectivity index (χ3v) is 5.14. The summed E-state index contributed by atoms with van der Waals surface area (Å²) in [6.45, 7) is 1.46. The van der Waals surface area contributed by atoms with Gasteiger partial charge >= 0.3 is 0 Å². The van der Waals surface area contributed by atoms with Gasteiger partial charge in [-0.1, -0.05) is 6.07 Å². The SMILES string of the molecule is O=C(CC1CC1)N1CC2CCC1C2OCc1ccccn1. The Morgan fingerprint density at radius 1 is 1.29 bits per heavy atom. The van der Waals surface area contributed by atoms with Crippen molar-refractivity contribution in [3.05, 3.63) is 30.1 Å². The summed E-state index contributed by atoms with van der Waals surface area (Å²) < 4.78 is 6.12. The highest BCUT2D eigenvalue weighted by Gasteiger charge is 2.49. The second-order valence-electron chi connectivity index (χ2n) is 6.70. The molecule has 3 atom stereocenters. The second kappa shape index (κ2) is 5.41. The van der Waals surface area contributed by atoms with Gasteiger partial charge in [0.1, 0.15) is 0 Å². The number of fused-ring (bicyclic) bond motifs is 2. The van der Waals surface area contributed by atoms with Gasteiger partial charge in [-0.05, 0) is 43.7 Å². The van der Waals surface area contributed by atoms with E-state index < -0.39 is 0 Å². The van der Waals surface area contributed by atoms with Gasteiger partial charge in [0.15, 0.2) is 0 Å². The van der Waals surface area contributed by atoms with Crippen molar-refractivity contribution < 1.29 is 9.53 Å². The molecule has 112 valence electrons. The molecule has 1 saturated heterocycles. The summed E-state index contributed by atoms with van der Waals surface area (Å²) in [7, 11) is 0. The van der Waals surface area contributed by atoms with Crippen molar-refractivity contribution in [2.75, 3.05) is 6.54 Å². The zero-order valence-corrected chi connectivity index (χ0v) is 12.3. The van der Waals surface area contributed by atoms with Crippen molar-refractivity contribution in [3.8, 4) is 0 Å². The number of carbonyl (C=O) groups excluding carboxylic acids is 1. The zero-order chi connectivity index (χ0) is 14.2. The lowest BCUT2D eigenvalue weighted by molar-refractivity contribution is -0.134. The van der Waals surface area contributed by atoms with E-state index in [1.165, 1.54) is 19.3 Å². The Bertz CT molecular complexity index is 515. The van der Waals surface area contributed by atoms with Crippen LogP contribution in [-0.4, -0.2) is 34.5 Å². The van der Waals surface area contributed by atoms with Crippen molar-refractivity contribution in [2.24, 2.45) is 11.8 Å². The first-order valence-electron chi connectivity index (χ1n) is 8.12. The average molecular weight is 286 g/mol. The highest BCUT2D eigenvalue weighted by Crippen LogP contribution is 2.42. The molecule has 4 heteroatoms. The normalized spacial score (nSPS) is 30.9. The van der Waals surface area contributed by atoms with Gasteiger partial charge in [0.2, 0.25) is 5.91 Å². The predicted octanol–water partition coefficient (Wildman–Crippen LogP) is 2.39.